The standard InChI is InChI=1S/C32H46N6O/c1-5-10-30(37-20-23(3)33-24(4)21-37)31-35-29-14-13-27(19-28(29)32(39)38(31)6-2)34-26-15-17-36(18-16-26)22-25-11-8-7-9-12-25/h7-9,11-14,19,23-24,26,30,33-34H,5-6,10,15-18,20-22H2,1-4H3/t23-,24+,30?. The number of rotatable bonds is 9. The van der Waals surface area contributed by atoms with E-state index in [1.165, 1.54) is 5.56 Å². The average molecular weight is 531 g/mol. The Bertz CT molecular complexity index is 1270. The number of hydrogen-bond donors (Lipinski definition) is 2. The van der Waals surface area contributed by atoms with Gasteiger partial charge in [-0.1, -0.05) is 43.7 Å². The van der Waals surface area contributed by atoms with Crippen LogP contribution in [-0.4, -0.2) is 63.7 Å². The van der Waals surface area contributed by atoms with Crippen LogP contribution in [0.15, 0.2) is 53.3 Å². The van der Waals surface area contributed by atoms with Crippen LogP contribution in [0.25, 0.3) is 10.9 Å². The van der Waals surface area contributed by atoms with Gasteiger partial charge in [0.2, 0.25) is 0 Å². The van der Waals surface area contributed by atoms with Gasteiger partial charge in [-0.25, -0.2) is 4.98 Å². The van der Waals surface area contributed by atoms with Crippen molar-refractivity contribution in [2.24, 2.45) is 0 Å². The quantitative estimate of drug-likeness (QED) is 0.405. The van der Waals surface area contributed by atoms with Crippen molar-refractivity contribution in [1.82, 2.24) is 24.7 Å². The molecule has 0 aliphatic carbocycles. The molecular formula is C32H46N6O. The first kappa shape index (κ1) is 27.8. The highest BCUT2D eigenvalue weighted by Crippen LogP contribution is 2.28. The van der Waals surface area contributed by atoms with Gasteiger partial charge in [0.05, 0.1) is 16.9 Å². The Kier molecular flexibility index (Phi) is 9.00. The summed E-state index contributed by atoms with van der Waals surface area (Å²) >= 11 is 0. The van der Waals surface area contributed by atoms with E-state index in [0.717, 1.165) is 75.4 Å². The number of piperazine rings is 1. The Morgan fingerprint density at radius 2 is 1.74 bits per heavy atom. The predicted octanol–water partition coefficient (Wildman–Crippen LogP) is 5.02. The second-order valence-electron chi connectivity index (χ2n) is 11.7. The van der Waals surface area contributed by atoms with Crippen LogP contribution in [0.3, 0.4) is 0 Å². The number of piperidine rings is 1. The lowest BCUT2D eigenvalue weighted by molar-refractivity contribution is 0.109. The van der Waals surface area contributed by atoms with Gasteiger partial charge >= 0.3 is 0 Å². The third-order valence-electron chi connectivity index (χ3n) is 8.39. The summed E-state index contributed by atoms with van der Waals surface area (Å²) in [6.45, 7) is 14.5. The molecule has 1 unspecified atom stereocenters. The maximum Gasteiger partial charge on any atom is 0.261 e. The molecule has 7 heteroatoms. The molecule has 2 N–H and O–H groups in total. The fourth-order valence-electron chi connectivity index (χ4n) is 6.57. The summed E-state index contributed by atoms with van der Waals surface area (Å²) in [6.07, 6.45) is 4.25. The highest BCUT2D eigenvalue weighted by molar-refractivity contribution is 5.81. The Balaban J connectivity index is 1.33. The Labute approximate surface area is 233 Å². The molecule has 2 aromatic carbocycles. The van der Waals surface area contributed by atoms with Crippen molar-refractivity contribution in [2.45, 2.75) is 90.6 Å². The predicted molar refractivity (Wildman–Crippen MR) is 161 cm³/mol. The summed E-state index contributed by atoms with van der Waals surface area (Å²) in [5.74, 6) is 0.921. The molecule has 7 nitrogen and oxygen atoms in total. The van der Waals surface area contributed by atoms with Crippen LogP contribution in [0.5, 0.6) is 0 Å². The summed E-state index contributed by atoms with van der Waals surface area (Å²) in [5, 5.41) is 8.08. The van der Waals surface area contributed by atoms with E-state index in [4.69, 9.17) is 4.98 Å². The van der Waals surface area contributed by atoms with E-state index < -0.39 is 0 Å². The first-order chi connectivity index (χ1) is 18.9. The van der Waals surface area contributed by atoms with Gasteiger partial charge in [-0.2, -0.15) is 0 Å². The molecule has 0 bridgehead atoms. The second kappa shape index (κ2) is 12.6. The maximum absolute atomic E-state index is 13.8. The van der Waals surface area contributed by atoms with E-state index in [2.05, 4.69) is 84.5 Å². The van der Waals surface area contributed by atoms with E-state index in [1.807, 2.05) is 16.7 Å². The number of nitrogens with zero attached hydrogens (tertiary/aromatic N) is 4. The lowest BCUT2D eigenvalue weighted by atomic mass is 10.0. The SMILES string of the molecule is CCCC(c1nc2ccc(NC3CCN(Cc4ccccc4)CC3)cc2c(=O)n1CC)N1C[C@@H](C)N[C@@H](C)C1. The van der Waals surface area contributed by atoms with Crippen LogP contribution in [0.4, 0.5) is 5.69 Å². The lowest BCUT2D eigenvalue weighted by Crippen LogP contribution is -2.55. The fraction of sp³-hybridized carbons (Fsp3) is 0.562. The molecule has 2 aliphatic heterocycles. The number of benzene rings is 2. The van der Waals surface area contributed by atoms with Crippen molar-refractivity contribution in [1.29, 1.82) is 0 Å². The summed E-state index contributed by atoms with van der Waals surface area (Å²) in [4.78, 5) is 24.0. The minimum Gasteiger partial charge on any atom is -0.382 e. The Hall–Kier alpha value is -2.74. The Morgan fingerprint density at radius 1 is 1.03 bits per heavy atom. The monoisotopic (exact) mass is 530 g/mol. The van der Waals surface area contributed by atoms with Gasteiger partial charge in [0.15, 0.2) is 0 Å². The number of hydrogen-bond acceptors (Lipinski definition) is 6. The molecular weight excluding hydrogens is 484 g/mol. The minimum absolute atomic E-state index is 0.0798. The summed E-state index contributed by atoms with van der Waals surface area (Å²) < 4.78 is 1.92. The topological polar surface area (TPSA) is 65.4 Å². The molecule has 3 aromatic rings. The lowest BCUT2D eigenvalue weighted by Gasteiger charge is -2.41. The van der Waals surface area contributed by atoms with Gasteiger partial charge in [0, 0.05) is 63.1 Å². The van der Waals surface area contributed by atoms with Crippen LogP contribution < -0.4 is 16.2 Å². The summed E-state index contributed by atoms with van der Waals surface area (Å²) in [5.41, 5.74) is 3.28. The summed E-state index contributed by atoms with van der Waals surface area (Å²) in [7, 11) is 0. The second-order valence-corrected chi connectivity index (χ2v) is 11.7. The number of nitrogens with one attached hydrogen (secondary N) is 2. The van der Waals surface area contributed by atoms with Gasteiger partial charge < -0.3 is 10.6 Å². The number of aromatic nitrogens is 2. The highest BCUT2D eigenvalue weighted by Gasteiger charge is 2.30. The van der Waals surface area contributed by atoms with Gasteiger partial charge in [-0.15, -0.1) is 0 Å². The number of likely N-dealkylation sites (tertiary alicyclic amines) is 1. The largest absolute Gasteiger partial charge is 0.382 e. The van der Waals surface area contributed by atoms with Gasteiger partial charge in [-0.3, -0.25) is 19.2 Å². The van der Waals surface area contributed by atoms with Gasteiger partial charge in [0.25, 0.3) is 5.56 Å². The zero-order valence-electron chi connectivity index (χ0n) is 24.2. The molecule has 1 aromatic heterocycles. The molecule has 0 saturated carbocycles. The van der Waals surface area contributed by atoms with E-state index in [1.54, 1.807) is 0 Å². The Morgan fingerprint density at radius 3 is 2.41 bits per heavy atom. The molecule has 0 amide bonds. The molecule has 210 valence electrons. The van der Waals surface area contributed by atoms with E-state index in [-0.39, 0.29) is 11.6 Å². The van der Waals surface area contributed by atoms with Crippen LogP contribution in [0.1, 0.15) is 70.8 Å². The van der Waals surface area contributed by atoms with Crippen molar-refractivity contribution in [3.05, 3.63) is 70.3 Å². The highest BCUT2D eigenvalue weighted by atomic mass is 16.1. The first-order valence-corrected chi connectivity index (χ1v) is 15.0. The van der Waals surface area contributed by atoms with Crippen molar-refractivity contribution >= 4 is 16.6 Å². The molecule has 3 heterocycles. The van der Waals surface area contributed by atoms with Crippen molar-refractivity contribution in [3.8, 4) is 0 Å². The zero-order chi connectivity index (χ0) is 27.4. The van der Waals surface area contributed by atoms with Crippen molar-refractivity contribution in [3.63, 3.8) is 0 Å². The molecule has 3 atom stereocenters. The smallest absolute Gasteiger partial charge is 0.261 e. The zero-order valence-corrected chi connectivity index (χ0v) is 24.2. The third kappa shape index (κ3) is 6.53. The third-order valence-corrected chi connectivity index (χ3v) is 8.39. The molecule has 39 heavy (non-hydrogen) atoms. The van der Waals surface area contributed by atoms with Crippen LogP contribution in [0, 0.1) is 0 Å². The molecule has 0 spiro atoms. The molecule has 2 saturated heterocycles. The normalized spacial score (nSPS) is 22.3. The van der Waals surface area contributed by atoms with Crippen LogP contribution in [0.2, 0.25) is 0 Å². The van der Waals surface area contributed by atoms with Gasteiger partial charge in [-0.05, 0) is 63.8 Å². The van der Waals surface area contributed by atoms with Crippen molar-refractivity contribution < 1.29 is 0 Å². The molecule has 2 aliphatic rings. The average Bonchev–Trinajstić information content (AvgIpc) is 2.93. The van der Waals surface area contributed by atoms with Gasteiger partial charge in [0.1, 0.15) is 5.82 Å². The molecule has 0 radical (unpaired) electrons. The van der Waals surface area contributed by atoms with Crippen LogP contribution in [-0.2, 0) is 13.1 Å². The minimum atomic E-state index is 0.0798. The maximum atomic E-state index is 13.8. The molecule has 5 rings (SSSR count). The molecule has 2 fully saturated rings. The number of fused-ring (bicyclic) bond motifs is 1. The fourth-order valence-corrected chi connectivity index (χ4v) is 6.57. The first-order valence-electron chi connectivity index (χ1n) is 15.0. The van der Waals surface area contributed by atoms with E-state index in [9.17, 15) is 4.79 Å². The van der Waals surface area contributed by atoms with Crippen molar-refractivity contribution in [2.75, 3.05) is 31.5 Å². The van der Waals surface area contributed by atoms with E-state index in [0.29, 0.717) is 30.1 Å². The number of anilines is 1. The van der Waals surface area contributed by atoms with E-state index >= 15 is 0 Å². The van der Waals surface area contributed by atoms with Crippen LogP contribution >= 0.6 is 0 Å². The summed E-state index contributed by atoms with van der Waals surface area (Å²) in [6, 6.07) is 18.3.